The van der Waals surface area contributed by atoms with Gasteiger partial charge in [-0.25, -0.2) is 0 Å². The highest BCUT2D eigenvalue weighted by Gasteiger charge is 2.46. The van der Waals surface area contributed by atoms with Crippen molar-refractivity contribution < 1.29 is 24.2 Å². The van der Waals surface area contributed by atoms with Gasteiger partial charge in [0.25, 0.3) is 11.7 Å². The Hall–Kier alpha value is -4.06. The molecule has 3 aromatic rings. The summed E-state index contributed by atoms with van der Waals surface area (Å²) in [5.41, 5.74) is 2.06. The van der Waals surface area contributed by atoms with Crippen molar-refractivity contribution in [2.75, 3.05) is 7.11 Å². The Balaban J connectivity index is 1.81. The van der Waals surface area contributed by atoms with Crippen molar-refractivity contribution in [3.05, 3.63) is 101 Å². The summed E-state index contributed by atoms with van der Waals surface area (Å²) < 4.78 is 11.1. The molecule has 0 aliphatic carbocycles. The molecule has 174 valence electrons. The number of nitrogens with zero attached hydrogens (tertiary/aromatic N) is 1. The lowest BCUT2D eigenvalue weighted by atomic mass is 9.95. The quantitative estimate of drug-likeness (QED) is 0.303. The Labute approximate surface area is 199 Å². The number of amides is 1. The number of methoxy groups -OCH3 is 1. The van der Waals surface area contributed by atoms with E-state index in [1.54, 1.807) is 31.4 Å². The predicted octanol–water partition coefficient (Wildman–Crippen LogP) is 5.10. The number of hydrogen-bond donors (Lipinski definition) is 1. The Morgan fingerprint density at radius 3 is 2.29 bits per heavy atom. The van der Waals surface area contributed by atoms with Crippen LogP contribution in [0.1, 0.15) is 36.6 Å². The lowest BCUT2D eigenvalue weighted by Crippen LogP contribution is -2.29. The zero-order valence-corrected chi connectivity index (χ0v) is 19.4. The van der Waals surface area contributed by atoms with Crippen LogP contribution in [0, 0.1) is 0 Å². The van der Waals surface area contributed by atoms with Gasteiger partial charge >= 0.3 is 0 Å². The maximum atomic E-state index is 13.2. The monoisotopic (exact) mass is 457 g/mol. The number of rotatable bonds is 7. The van der Waals surface area contributed by atoms with E-state index < -0.39 is 17.7 Å². The second kappa shape index (κ2) is 9.83. The van der Waals surface area contributed by atoms with E-state index in [0.29, 0.717) is 22.6 Å². The van der Waals surface area contributed by atoms with E-state index in [4.69, 9.17) is 9.47 Å². The molecule has 0 spiro atoms. The number of ether oxygens (including phenoxy) is 2. The molecular weight excluding hydrogens is 430 g/mol. The molecule has 0 bridgehead atoms. The summed E-state index contributed by atoms with van der Waals surface area (Å²) in [7, 11) is 1.58. The molecule has 1 fully saturated rings. The van der Waals surface area contributed by atoms with Gasteiger partial charge in [0.2, 0.25) is 0 Å². The van der Waals surface area contributed by atoms with Crippen LogP contribution < -0.4 is 9.47 Å². The Bertz CT molecular complexity index is 1220. The fourth-order valence-electron chi connectivity index (χ4n) is 4.11. The van der Waals surface area contributed by atoms with Crippen LogP contribution in [0.3, 0.4) is 0 Å². The number of Topliss-reactive ketones (excluding diaryl/α,β-unsaturated/α-hetero) is 1. The molecule has 0 radical (unpaired) electrons. The molecule has 1 aliphatic heterocycles. The second-order valence-electron chi connectivity index (χ2n) is 8.38. The molecule has 1 N–H and O–H groups in total. The summed E-state index contributed by atoms with van der Waals surface area (Å²) in [4.78, 5) is 27.9. The molecule has 0 saturated carbocycles. The summed E-state index contributed by atoms with van der Waals surface area (Å²) in [6, 6.07) is 22.7. The van der Waals surface area contributed by atoms with Crippen LogP contribution in [0.4, 0.5) is 0 Å². The predicted molar refractivity (Wildman–Crippen MR) is 129 cm³/mol. The van der Waals surface area contributed by atoms with Crippen molar-refractivity contribution in [2.24, 2.45) is 0 Å². The van der Waals surface area contributed by atoms with Crippen LogP contribution in [0.15, 0.2) is 84.4 Å². The average molecular weight is 458 g/mol. The second-order valence-corrected chi connectivity index (χ2v) is 8.38. The number of ketones is 1. The number of carbonyl (C=O) groups excluding carboxylic acids is 2. The topological polar surface area (TPSA) is 76.1 Å². The van der Waals surface area contributed by atoms with Crippen molar-refractivity contribution >= 4 is 17.4 Å². The number of aliphatic hydroxyl groups is 1. The SMILES string of the molecule is COc1cccc(CN2C(=O)C(=O)/C(=C(\O)c3ccccc3)C2c2ccc(OC(C)C)cc2)c1. The third-order valence-corrected chi connectivity index (χ3v) is 5.64. The molecule has 1 aliphatic rings. The van der Waals surface area contributed by atoms with Crippen molar-refractivity contribution in [3.63, 3.8) is 0 Å². The molecule has 3 aromatic carbocycles. The Kier molecular flexibility index (Phi) is 6.68. The van der Waals surface area contributed by atoms with Gasteiger partial charge in [-0.05, 0) is 49.2 Å². The lowest BCUT2D eigenvalue weighted by Gasteiger charge is -2.26. The molecule has 34 heavy (non-hydrogen) atoms. The van der Waals surface area contributed by atoms with Gasteiger partial charge in [0.05, 0.1) is 24.8 Å². The van der Waals surface area contributed by atoms with Crippen LogP contribution in [0.5, 0.6) is 11.5 Å². The first-order chi connectivity index (χ1) is 16.4. The molecule has 1 saturated heterocycles. The Morgan fingerprint density at radius 1 is 0.941 bits per heavy atom. The first kappa shape index (κ1) is 23.1. The highest BCUT2D eigenvalue weighted by atomic mass is 16.5. The largest absolute Gasteiger partial charge is 0.507 e. The van der Waals surface area contributed by atoms with E-state index in [9.17, 15) is 14.7 Å². The number of aliphatic hydroxyl groups excluding tert-OH is 1. The number of likely N-dealkylation sites (tertiary alicyclic amines) is 1. The maximum Gasteiger partial charge on any atom is 0.295 e. The average Bonchev–Trinajstić information content (AvgIpc) is 3.09. The van der Waals surface area contributed by atoms with Crippen LogP contribution in [0.25, 0.3) is 5.76 Å². The standard InChI is InChI=1S/C28H27NO5/c1-18(2)34-22-14-12-20(13-15-22)25-24(26(30)21-9-5-4-6-10-21)27(31)28(32)29(25)17-19-8-7-11-23(16-19)33-3/h4-16,18,25,30H,17H2,1-3H3/b26-24-. The van der Waals surface area contributed by atoms with Gasteiger partial charge in [-0.15, -0.1) is 0 Å². The van der Waals surface area contributed by atoms with Crippen molar-refractivity contribution in [1.29, 1.82) is 0 Å². The fraction of sp³-hybridized carbons (Fsp3) is 0.214. The first-order valence-corrected chi connectivity index (χ1v) is 11.1. The van der Waals surface area contributed by atoms with Gasteiger partial charge in [-0.1, -0.05) is 54.6 Å². The lowest BCUT2D eigenvalue weighted by molar-refractivity contribution is -0.140. The molecule has 4 rings (SSSR count). The minimum absolute atomic E-state index is 0.0163. The number of hydrogen-bond acceptors (Lipinski definition) is 5. The molecule has 1 atom stereocenters. The zero-order valence-electron chi connectivity index (χ0n) is 19.4. The molecule has 0 aromatic heterocycles. The number of benzene rings is 3. The van der Waals surface area contributed by atoms with Crippen LogP contribution in [0.2, 0.25) is 0 Å². The number of carbonyl (C=O) groups is 2. The molecule has 6 nitrogen and oxygen atoms in total. The van der Waals surface area contributed by atoms with E-state index in [2.05, 4.69) is 0 Å². The van der Waals surface area contributed by atoms with Gasteiger partial charge in [0.15, 0.2) is 0 Å². The normalized spacial score (nSPS) is 17.3. The van der Waals surface area contributed by atoms with Crippen LogP contribution in [-0.2, 0) is 16.1 Å². The van der Waals surface area contributed by atoms with Gasteiger partial charge in [0.1, 0.15) is 17.3 Å². The van der Waals surface area contributed by atoms with Gasteiger partial charge in [-0.3, -0.25) is 9.59 Å². The molecule has 1 unspecified atom stereocenters. The summed E-state index contributed by atoms with van der Waals surface area (Å²) in [5.74, 6) is -0.221. The third kappa shape index (κ3) is 4.66. The summed E-state index contributed by atoms with van der Waals surface area (Å²) in [6.07, 6.45) is 0.0163. The smallest absolute Gasteiger partial charge is 0.295 e. The van der Waals surface area contributed by atoms with Gasteiger partial charge in [0, 0.05) is 12.1 Å². The van der Waals surface area contributed by atoms with Crippen molar-refractivity contribution in [2.45, 2.75) is 32.5 Å². The van der Waals surface area contributed by atoms with Crippen LogP contribution >= 0.6 is 0 Å². The fourth-order valence-corrected chi connectivity index (χ4v) is 4.11. The van der Waals surface area contributed by atoms with E-state index >= 15 is 0 Å². The summed E-state index contributed by atoms with van der Waals surface area (Å²) in [5, 5.41) is 11.1. The zero-order chi connectivity index (χ0) is 24.2. The molecule has 1 heterocycles. The third-order valence-electron chi connectivity index (χ3n) is 5.64. The van der Waals surface area contributed by atoms with E-state index in [-0.39, 0.29) is 24.0 Å². The van der Waals surface area contributed by atoms with Crippen molar-refractivity contribution in [3.8, 4) is 11.5 Å². The highest BCUT2D eigenvalue weighted by molar-refractivity contribution is 6.46. The van der Waals surface area contributed by atoms with Gasteiger partial charge < -0.3 is 19.5 Å². The Morgan fingerprint density at radius 2 is 1.65 bits per heavy atom. The summed E-state index contributed by atoms with van der Waals surface area (Å²) in [6.45, 7) is 4.07. The van der Waals surface area contributed by atoms with E-state index in [1.807, 2.05) is 68.4 Å². The minimum Gasteiger partial charge on any atom is -0.507 e. The molecular formula is C28H27NO5. The molecule has 1 amide bonds. The van der Waals surface area contributed by atoms with E-state index in [0.717, 1.165) is 5.56 Å². The first-order valence-electron chi connectivity index (χ1n) is 11.1. The summed E-state index contributed by atoms with van der Waals surface area (Å²) >= 11 is 0. The van der Waals surface area contributed by atoms with Crippen molar-refractivity contribution in [1.82, 2.24) is 4.90 Å². The highest BCUT2D eigenvalue weighted by Crippen LogP contribution is 2.40. The molecule has 6 heteroatoms. The van der Waals surface area contributed by atoms with Gasteiger partial charge in [-0.2, -0.15) is 0 Å². The van der Waals surface area contributed by atoms with Crippen LogP contribution in [-0.4, -0.2) is 34.9 Å². The maximum absolute atomic E-state index is 13.2. The van der Waals surface area contributed by atoms with E-state index in [1.165, 1.54) is 4.90 Å². The minimum atomic E-state index is -0.750.